The Hall–Kier alpha value is -2.05. The predicted molar refractivity (Wildman–Crippen MR) is 111 cm³/mol. The van der Waals surface area contributed by atoms with Crippen LogP contribution in [0.1, 0.15) is 37.7 Å². The summed E-state index contributed by atoms with van der Waals surface area (Å²) in [5, 5.41) is 1.13. The average Bonchev–Trinajstić information content (AvgIpc) is 2.70. The van der Waals surface area contributed by atoms with Crippen LogP contribution in [0.5, 0.6) is 0 Å². The van der Waals surface area contributed by atoms with Crippen molar-refractivity contribution in [2.45, 2.75) is 45.7 Å². The van der Waals surface area contributed by atoms with Crippen LogP contribution in [-0.2, 0) is 11.3 Å². The highest BCUT2D eigenvalue weighted by Crippen LogP contribution is 2.18. The van der Waals surface area contributed by atoms with Gasteiger partial charge in [-0.3, -0.25) is 14.6 Å². The number of nitrogens with zero attached hydrogens (tertiary/aromatic N) is 5. The summed E-state index contributed by atoms with van der Waals surface area (Å²) in [4.78, 5) is 28.9. The Morgan fingerprint density at radius 3 is 2.57 bits per heavy atom. The number of hydrogen-bond donors (Lipinski definition) is 0. The van der Waals surface area contributed by atoms with Crippen molar-refractivity contribution in [2.24, 2.45) is 0 Å². The second kappa shape index (κ2) is 8.53. The fourth-order valence-corrected chi connectivity index (χ4v) is 4.42. The second-order valence-electron chi connectivity index (χ2n) is 8.23. The van der Waals surface area contributed by atoms with Crippen LogP contribution in [0.4, 0.5) is 0 Å². The minimum atomic E-state index is 0.300. The summed E-state index contributed by atoms with van der Waals surface area (Å²) >= 11 is 0. The Morgan fingerprint density at radius 2 is 1.79 bits per heavy atom. The van der Waals surface area contributed by atoms with Gasteiger partial charge in [-0.2, -0.15) is 0 Å². The molecule has 0 N–H and O–H groups in total. The van der Waals surface area contributed by atoms with Gasteiger partial charge in [0.05, 0.1) is 18.6 Å². The molecule has 6 heteroatoms. The van der Waals surface area contributed by atoms with E-state index in [2.05, 4.69) is 40.7 Å². The van der Waals surface area contributed by atoms with Gasteiger partial charge in [-0.1, -0.05) is 18.2 Å². The Labute approximate surface area is 167 Å². The molecule has 0 radical (unpaired) electrons. The smallest absolute Gasteiger partial charge is 0.236 e. The van der Waals surface area contributed by atoms with Gasteiger partial charge in [0.2, 0.25) is 5.91 Å². The van der Waals surface area contributed by atoms with E-state index in [1.165, 1.54) is 6.42 Å². The predicted octanol–water partition coefficient (Wildman–Crippen LogP) is 2.46. The lowest BCUT2D eigenvalue weighted by atomic mass is 10.0. The minimum Gasteiger partial charge on any atom is -0.339 e. The zero-order valence-corrected chi connectivity index (χ0v) is 17.1. The molecule has 1 atom stereocenters. The number of amides is 1. The fraction of sp³-hybridized carbons (Fsp3) is 0.591. The monoisotopic (exact) mass is 381 g/mol. The van der Waals surface area contributed by atoms with Crippen LogP contribution in [0, 0.1) is 6.92 Å². The molecule has 1 unspecified atom stereocenters. The van der Waals surface area contributed by atoms with Gasteiger partial charge in [0.25, 0.3) is 0 Å². The van der Waals surface area contributed by atoms with Gasteiger partial charge in [0.15, 0.2) is 0 Å². The molecule has 2 fully saturated rings. The SMILES string of the molecule is Cc1nc(CN2CCN(CC(=O)N3CCCCC3C)CC2)nc2ccccc12. The van der Waals surface area contributed by atoms with E-state index >= 15 is 0 Å². The largest absolute Gasteiger partial charge is 0.339 e. The molecule has 0 aliphatic carbocycles. The number of aromatic nitrogens is 2. The van der Waals surface area contributed by atoms with Gasteiger partial charge in [-0.15, -0.1) is 0 Å². The van der Waals surface area contributed by atoms with Crippen molar-refractivity contribution in [2.75, 3.05) is 39.3 Å². The Kier molecular flexibility index (Phi) is 5.87. The van der Waals surface area contributed by atoms with Crippen molar-refractivity contribution >= 4 is 16.8 Å². The van der Waals surface area contributed by atoms with Crippen molar-refractivity contribution < 1.29 is 4.79 Å². The lowest BCUT2D eigenvalue weighted by Gasteiger charge is -2.37. The van der Waals surface area contributed by atoms with E-state index in [4.69, 9.17) is 9.97 Å². The van der Waals surface area contributed by atoms with Gasteiger partial charge in [-0.25, -0.2) is 9.97 Å². The minimum absolute atomic E-state index is 0.300. The summed E-state index contributed by atoms with van der Waals surface area (Å²) in [5.74, 6) is 1.19. The van der Waals surface area contributed by atoms with E-state index in [0.29, 0.717) is 18.5 Å². The summed E-state index contributed by atoms with van der Waals surface area (Å²) < 4.78 is 0. The summed E-state index contributed by atoms with van der Waals surface area (Å²) in [6.07, 6.45) is 3.54. The molecule has 1 aromatic carbocycles. The van der Waals surface area contributed by atoms with Crippen LogP contribution in [-0.4, -0.2) is 75.9 Å². The van der Waals surface area contributed by atoms with Gasteiger partial charge < -0.3 is 4.90 Å². The third-order valence-corrected chi connectivity index (χ3v) is 6.15. The number of piperidine rings is 1. The molecule has 1 amide bonds. The van der Waals surface area contributed by atoms with Crippen molar-refractivity contribution in [1.29, 1.82) is 0 Å². The van der Waals surface area contributed by atoms with Crippen LogP contribution >= 0.6 is 0 Å². The molecule has 2 aromatic rings. The lowest BCUT2D eigenvalue weighted by molar-refractivity contribution is -0.136. The first-order chi connectivity index (χ1) is 13.6. The molecular weight excluding hydrogens is 350 g/mol. The summed E-state index contributed by atoms with van der Waals surface area (Å²) in [6.45, 7) is 10.3. The summed E-state index contributed by atoms with van der Waals surface area (Å²) in [6, 6.07) is 8.59. The first kappa shape index (κ1) is 19.3. The average molecular weight is 382 g/mol. The van der Waals surface area contributed by atoms with Gasteiger partial charge in [0.1, 0.15) is 5.82 Å². The van der Waals surface area contributed by atoms with Crippen molar-refractivity contribution in [3.63, 3.8) is 0 Å². The van der Waals surface area contributed by atoms with Crippen molar-refractivity contribution in [1.82, 2.24) is 24.7 Å². The van der Waals surface area contributed by atoms with Crippen molar-refractivity contribution in [3.8, 4) is 0 Å². The molecule has 6 nitrogen and oxygen atoms in total. The molecule has 1 aromatic heterocycles. The van der Waals surface area contributed by atoms with Crippen LogP contribution < -0.4 is 0 Å². The number of fused-ring (bicyclic) bond motifs is 1. The Morgan fingerprint density at radius 1 is 1.04 bits per heavy atom. The maximum absolute atomic E-state index is 12.7. The van der Waals surface area contributed by atoms with E-state index in [1.54, 1.807) is 0 Å². The maximum Gasteiger partial charge on any atom is 0.236 e. The molecule has 2 saturated heterocycles. The number of piperazine rings is 1. The van der Waals surface area contributed by atoms with Crippen molar-refractivity contribution in [3.05, 3.63) is 35.8 Å². The molecule has 3 heterocycles. The van der Waals surface area contributed by atoms with E-state index < -0.39 is 0 Å². The van der Waals surface area contributed by atoms with Crippen LogP contribution in [0.3, 0.4) is 0 Å². The number of rotatable bonds is 4. The molecule has 4 rings (SSSR count). The number of benzene rings is 1. The summed E-state index contributed by atoms with van der Waals surface area (Å²) in [5.41, 5.74) is 2.06. The van der Waals surface area contributed by atoms with Gasteiger partial charge >= 0.3 is 0 Å². The number of aryl methyl sites for hydroxylation is 1. The van der Waals surface area contributed by atoms with Crippen LogP contribution in [0.15, 0.2) is 24.3 Å². The second-order valence-corrected chi connectivity index (χ2v) is 8.23. The van der Waals surface area contributed by atoms with Gasteiger partial charge in [-0.05, 0) is 39.2 Å². The molecule has 0 bridgehead atoms. The topological polar surface area (TPSA) is 52.6 Å². The van der Waals surface area contributed by atoms with E-state index in [0.717, 1.165) is 74.5 Å². The molecule has 2 aliphatic rings. The zero-order chi connectivity index (χ0) is 19.5. The highest BCUT2D eigenvalue weighted by atomic mass is 16.2. The maximum atomic E-state index is 12.7. The molecular formula is C22H31N5O. The number of likely N-dealkylation sites (tertiary alicyclic amines) is 1. The number of hydrogen-bond acceptors (Lipinski definition) is 5. The first-order valence-electron chi connectivity index (χ1n) is 10.6. The standard InChI is InChI=1S/C22H31N5O/c1-17-7-5-6-10-27(17)22(28)16-26-13-11-25(12-14-26)15-21-23-18(2)19-8-3-4-9-20(19)24-21/h3-4,8-9,17H,5-7,10-16H2,1-2H3. The molecule has 0 saturated carbocycles. The van der Waals surface area contributed by atoms with E-state index in [1.807, 2.05) is 12.1 Å². The van der Waals surface area contributed by atoms with E-state index in [-0.39, 0.29) is 0 Å². The third-order valence-electron chi connectivity index (χ3n) is 6.15. The molecule has 0 spiro atoms. The Bertz CT molecular complexity index is 831. The van der Waals surface area contributed by atoms with Crippen LogP contribution in [0.2, 0.25) is 0 Å². The first-order valence-corrected chi connectivity index (χ1v) is 10.6. The third kappa shape index (κ3) is 4.33. The highest BCUT2D eigenvalue weighted by Gasteiger charge is 2.26. The number of carbonyl (C=O) groups excluding carboxylic acids is 1. The molecule has 150 valence electrons. The van der Waals surface area contributed by atoms with Crippen LogP contribution in [0.25, 0.3) is 10.9 Å². The zero-order valence-electron chi connectivity index (χ0n) is 17.1. The normalized spacial score (nSPS) is 21.9. The molecule has 2 aliphatic heterocycles. The van der Waals surface area contributed by atoms with Gasteiger partial charge in [0, 0.05) is 49.8 Å². The lowest BCUT2D eigenvalue weighted by Crippen LogP contribution is -2.51. The number of para-hydroxylation sites is 1. The fourth-order valence-electron chi connectivity index (χ4n) is 4.42. The number of carbonyl (C=O) groups is 1. The Balaban J connectivity index is 1.30. The molecule has 28 heavy (non-hydrogen) atoms. The summed E-state index contributed by atoms with van der Waals surface area (Å²) in [7, 11) is 0. The quantitative estimate of drug-likeness (QED) is 0.814. The van der Waals surface area contributed by atoms with E-state index in [9.17, 15) is 4.79 Å². The highest BCUT2D eigenvalue weighted by molar-refractivity contribution is 5.80.